The molecular formula is C11H19N3S. The molecule has 0 spiro atoms. The molecule has 1 fully saturated rings. The first-order chi connectivity index (χ1) is 7.09. The second kappa shape index (κ2) is 4.20. The van der Waals surface area contributed by atoms with E-state index in [1.54, 1.807) is 11.3 Å². The van der Waals surface area contributed by atoms with Crippen LogP contribution >= 0.6 is 11.3 Å². The topological polar surface area (TPSA) is 42.1 Å². The molecule has 0 amide bonds. The van der Waals surface area contributed by atoms with E-state index in [4.69, 9.17) is 5.73 Å². The predicted molar refractivity (Wildman–Crippen MR) is 64.0 cm³/mol. The van der Waals surface area contributed by atoms with E-state index in [-0.39, 0.29) is 6.04 Å². The normalized spacial score (nSPS) is 27.8. The Morgan fingerprint density at radius 1 is 1.60 bits per heavy atom. The van der Waals surface area contributed by atoms with Crippen molar-refractivity contribution in [1.82, 2.24) is 9.88 Å². The van der Waals surface area contributed by atoms with Gasteiger partial charge in [-0.05, 0) is 27.2 Å². The van der Waals surface area contributed by atoms with Crippen molar-refractivity contribution in [3.05, 3.63) is 16.1 Å². The van der Waals surface area contributed by atoms with Gasteiger partial charge in [0.2, 0.25) is 0 Å². The summed E-state index contributed by atoms with van der Waals surface area (Å²) in [6, 6.07) is 1.13. The molecule has 2 rings (SSSR count). The Morgan fingerprint density at radius 3 is 2.87 bits per heavy atom. The lowest BCUT2D eigenvalue weighted by molar-refractivity contribution is 0.198. The fourth-order valence-corrected chi connectivity index (χ4v) is 3.24. The lowest BCUT2D eigenvalue weighted by Gasteiger charge is -2.28. The summed E-state index contributed by atoms with van der Waals surface area (Å²) in [6.45, 7) is 7.60. The van der Waals surface area contributed by atoms with Gasteiger partial charge in [-0.3, -0.25) is 4.90 Å². The minimum Gasteiger partial charge on any atom is -0.326 e. The third-order valence-electron chi connectivity index (χ3n) is 3.04. The van der Waals surface area contributed by atoms with Crippen LogP contribution in [0.2, 0.25) is 0 Å². The van der Waals surface area contributed by atoms with E-state index in [1.165, 1.54) is 5.01 Å². The van der Waals surface area contributed by atoms with E-state index >= 15 is 0 Å². The maximum absolute atomic E-state index is 6.17. The second-order valence-corrected chi connectivity index (χ2v) is 5.45. The molecular weight excluding hydrogens is 206 g/mol. The van der Waals surface area contributed by atoms with Crippen molar-refractivity contribution >= 4 is 11.3 Å². The Balaban J connectivity index is 2.24. The van der Waals surface area contributed by atoms with Gasteiger partial charge in [0.25, 0.3) is 0 Å². The number of likely N-dealkylation sites (tertiary alicyclic amines) is 1. The van der Waals surface area contributed by atoms with Gasteiger partial charge < -0.3 is 5.73 Å². The van der Waals surface area contributed by atoms with Crippen molar-refractivity contribution in [2.45, 2.75) is 45.3 Å². The monoisotopic (exact) mass is 225 g/mol. The molecule has 4 heteroatoms. The van der Waals surface area contributed by atoms with Gasteiger partial charge in [-0.1, -0.05) is 0 Å². The first-order valence-electron chi connectivity index (χ1n) is 5.53. The van der Waals surface area contributed by atoms with Gasteiger partial charge in [0.05, 0.1) is 6.04 Å². The zero-order chi connectivity index (χ0) is 11.0. The molecule has 2 heterocycles. The summed E-state index contributed by atoms with van der Waals surface area (Å²) in [6.07, 6.45) is 1.08. The quantitative estimate of drug-likeness (QED) is 0.836. The molecule has 0 saturated carbocycles. The highest BCUT2D eigenvalue weighted by Crippen LogP contribution is 2.34. The number of nitrogens with two attached hydrogens (primary N) is 1. The molecule has 0 bridgehead atoms. The Bertz CT molecular complexity index is 334. The third-order valence-corrected chi connectivity index (χ3v) is 4.07. The molecule has 0 aliphatic carbocycles. The fraction of sp³-hybridized carbons (Fsp3) is 0.727. The number of aromatic nitrogens is 1. The summed E-state index contributed by atoms with van der Waals surface area (Å²) in [5, 5.41) is 3.30. The molecule has 3 nitrogen and oxygen atoms in total. The molecule has 1 aliphatic rings. The molecule has 1 aromatic rings. The maximum atomic E-state index is 6.17. The lowest BCUT2D eigenvalue weighted by Crippen LogP contribution is -2.35. The first kappa shape index (κ1) is 11.0. The van der Waals surface area contributed by atoms with Crippen molar-refractivity contribution in [2.24, 2.45) is 5.73 Å². The predicted octanol–water partition coefficient (Wildman–Crippen LogP) is 1.93. The second-order valence-electron chi connectivity index (χ2n) is 4.56. The Labute approximate surface area is 95.3 Å². The zero-order valence-electron chi connectivity index (χ0n) is 9.60. The SMILES string of the molecule is Cc1csc(C2C(N)CCN2C(C)C)n1. The molecule has 1 aromatic heterocycles. The maximum Gasteiger partial charge on any atom is 0.112 e. The highest BCUT2D eigenvalue weighted by molar-refractivity contribution is 7.09. The van der Waals surface area contributed by atoms with Crippen molar-refractivity contribution in [3.63, 3.8) is 0 Å². The Kier molecular flexibility index (Phi) is 3.09. The molecule has 1 saturated heterocycles. The summed E-state index contributed by atoms with van der Waals surface area (Å²) >= 11 is 1.74. The largest absolute Gasteiger partial charge is 0.326 e. The van der Waals surface area contributed by atoms with Crippen LogP contribution in [-0.4, -0.2) is 28.5 Å². The smallest absolute Gasteiger partial charge is 0.112 e. The minimum atomic E-state index is 0.248. The van der Waals surface area contributed by atoms with Gasteiger partial charge >= 0.3 is 0 Å². The Morgan fingerprint density at radius 2 is 2.33 bits per heavy atom. The van der Waals surface area contributed by atoms with Gasteiger partial charge in [0, 0.05) is 29.7 Å². The summed E-state index contributed by atoms with van der Waals surface area (Å²) in [5.74, 6) is 0. The number of thiazole rings is 1. The molecule has 84 valence electrons. The van der Waals surface area contributed by atoms with E-state index in [9.17, 15) is 0 Å². The van der Waals surface area contributed by atoms with Crippen molar-refractivity contribution in [2.75, 3.05) is 6.54 Å². The van der Waals surface area contributed by atoms with E-state index in [2.05, 4.69) is 29.1 Å². The summed E-state index contributed by atoms with van der Waals surface area (Å²) < 4.78 is 0. The summed E-state index contributed by atoms with van der Waals surface area (Å²) in [4.78, 5) is 7.03. The van der Waals surface area contributed by atoms with Crippen LogP contribution < -0.4 is 5.73 Å². The molecule has 1 aliphatic heterocycles. The van der Waals surface area contributed by atoms with Crippen molar-refractivity contribution in [3.8, 4) is 0 Å². The first-order valence-corrected chi connectivity index (χ1v) is 6.41. The van der Waals surface area contributed by atoms with Gasteiger partial charge in [-0.2, -0.15) is 0 Å². The van der Waals surface area contributed by atoms with Crippen LogP contribution in [0, 0.1) is 6.92 Å². The lowest BCUT2D eigenvalue weighted by atomic mass is 10.1. The van der Waals surface area contributed by atoms with Crippen molar-refractivity contribution in [1.29, 1.82) is 0 Å². The standard InChI is InChI=1S/C11H19N3S/c1-7(2)14-5-4-9(12)10(14)11-13-8(3)6-15-11/h6-7,9-10H,4-5,12H2,1-3H3. The van der Waals surface area contributed by atoms with Crippen LogP contribution in [-0.2, 0) is 0 Å². The number of hydrogen-bond acceptors (Lipinski definition) is 4. The minimum absolute atomic E-state index is 0.248. The van der Waals surface area contributed by atoms with Crippen LogP contribution in [0.5, 0.6) is 0 Å². The molecule has 15 heavy (non-hydrogen) atoms. The number of hydrogen-bond donors (Lipinski definition) is 1. The molecule has 2 atom stereocenters. The van der Waals surface area contributed by atoms with Crippen LogP contribution in [0.4, 0.5) is 0 Å². The Hall–Kier alpha value is -0.450. The van der Waals surface area contributed by atoms with Crippen LogP contribution in [0.15, 0.2) is 5.38 Å². The number of rotatable bonds is 2. The van der Waals surface area contributed by atoms with Gasteiger partial charge in [-0.15, -0.1) is 11.3 Å². The zero-order valence-corrected chi connectivity index (χ0v) is 10.4. The van der Waals surface area contributed by atoms with Gasteiger partial charge in [0.1, 0.15) is 5.01 Å². The van der Waals surface area contributed by atoms with Crippen LogP contribution in [0.3, 0.4) is 0 Å². The van der Waals surface area contributed by atoms with Gasteiger partial charge in [-0.25, -0.2) is 4.98 Å². The number of aryl methyl sites for hydroxylation is 1. The van der Waals surface area contributed by atoms with Gasteiger partial charge in [0.15, 0.2) is 0 Å². The number of nitrogens with zero attached hydrogens (tertiary/aromatic N) is 2. The van der Waals surface area contributed by atoms with Crippen LogP contribution in [0.1, 0.15) is 37.0 Å². The summed E-state index contributed by atoms with van der Waals surface area (Å²) in [7, 11) is 0. The molecule has 0 aromatic carbocycles. The summed E-state index contributed by atoms with van der Waals surface area (Å²) in [5.41, 5.74) is 7.28. The average Bonchev–Trinajstić information content (AvgIpc) is 2.71. The highest BCUT2D eigenvalue weighted by atomic mass is 32.1. The van der Waals surface area contributed by atoms with E-state index < -0.39 is 0 Å². The van der Waals surface area contributed by atoms with Crippen molar-refractivity contribution < 1.29 is 0 Å². The molecule has 2 N–H and O–H groups in total. The van der Waals surface area contributed by atoms with Crippen LogP contribution in [0.25, 0.3) is 0 Å². The average molecular weight is 225 g/mol. The third kappa shape index (κ3) is 2.07. The van der Waals surface area contributed by atoms with E-state index in [0.717, 1.165) is 18.7 Å². The van der Waals surface area contributed by atoms with E-state index in [1.807, 2.05) is 6.92 Å². The molecule has 2 unspecified atom stereocenters. The fourth-order valence-electron chi connectivity index (χ4n) is 2.25. The highest BCUT2D eigenvalue weighted by Gasteiger charge is 2.35. The molecule has 0 radical (unpaired) electrons. The van der Waals surface area contributed by atoms with E-state index in [0.29, 0.717) is 12.1 Å².